The van der Waals surface area contributed by atoms with Crippen LogP contribution in [0.15, 0.2) is 29.1 Å². The van der Waals surface area contributed by atoms with Crippen LogP contribution >= 0.6 is 12.2 Å². The SMILES string of the molecule is CC(C)CCNC(=S)NNC(=O)c1nn(CC(C)C)c(=O)c2ccccc12. The van der Waals surface area contributed by atoms with Gasteiger partial charge in [0.25, 0.3) is 11.5 Å². The van der Waals surface area contributed by atoms with Crippen LogP contribution in [0.1, 0.15) is 44.6 Å². The average Bonchev–Trinajstić information content (AvgIpc) is 2.61. The number of benzene rings is 1. The van der Waals surface area contributed by atoms with E-state index in [1.165, 1.54) is 4.68 Å². The molecule has 0 aliphatic heterocycles. The van der Waals surface area contributed by atoms with E-state index in [0.717, 1.165) is 13.0 Å². The van der Waals surface area contributed by atoms with Crippen molar-refractivity contribution in [3.63, 3.8) is 0 Å². The minimum absolute atomic E-state index is 0.184. The first-order valence-corrected chi connectivity index (χ1v) is 9.54. The summed E-state index contributed by atoms with van der Waals surface area (Å²) in [7, 11) is 0. The molecule has 1 aromatic heterocycles. The summed E-state index contributed by atoms with van der Waals surface area (Å²) >= 11 is 5.16. The second-order valence-corrected chi connectivity index (χ2v) is 7.70. The topological polar surface area (TPSA) is 88.0 Å². The second-order valence-electron chi connectivity index (χ2n) is 7.29. The van der Waals surface area contributed by atoms with Gasteiger partial charge in [0.15, 0.2) is 10.8 Å². The molecule has 0 bridgehead atoms. The maximum absolute atomic E-state index is 12.7. The normalized spacial score (nSPS) is 11.0. The maximum atomic E-state index is 12.7. The third kappa shape index (κ3) is 5.75. The summed E-state index contributed by atoms with van der Waals surface area (Å²) in [4.78, 5) is 25.3. The Balaban J connectivity index is 2.19. The van der Waals surface area contributed by atoms with Gasteiger partial charge in [0.2, 0.25) is 0 Å². The number of hydrogen-bond donors (Lipinski definition) is 3. The standard InChI is InChI=1S/C19H27N5O2S/c1-12(2)9-10-20-19(27)22-21-17(25)16-14-7-5-6-8-15(14)18(26)24(23-16)11-13(3)4/h5-8,12-13H,9-11H2,1-4H3,(H,21,25)(H2,20,22,27). The van der Waals surface area contributed by atoms with Crippen molar-refractivity contribution in [2.75, 3.05) is 6.54 Å². The molecule has 0 saturated carbocycles. The Morgan fingerprint density at radius 2 is 1.78 bits per heavy atom. The first kappa shape index (κ1) is 20.8. The highest BCUT2D eigenvalue weighted by Crippen LogP contribution is 2.13. The summed E-state index contributed by atoms with van der Waals surface area (Å²) in [5.74, 6) is 0.340. The molecule has 0 atom stereocenters. The molecule has 1 amide bonds. The van der Waals surface area contributed by atoms with Gasteiger partial charge in [0.1, 0.15) is 0 Å². The summed E-state index contributed by atoms with van der Waals surface area (Å²) in [6.07, 6.45) is 0.974. The molecule has 7 nitrogen and oxygen atoms in total. The number of thiocarbonyl (C=S) groups is 1. The van der Waals surface area contributed by atoms with Crippen molar-refractivity contribution in [3.8, 4) is 0 Å². The Morgan fingerprint density at radius 1 is 1.11 bits per heavy atom. The molecule has 1 aromatic carbocycles. The Morgan fingerprint density at radius 3 is 2.41 bits per heavy atom. The Labute approximate surface area is 164 Å². The fourth-order valence-electron chi connectivity index (χ4n) is 2.56. The molecular formula is C19H27N5O2S. The second kappa shape index (κ2) is 9.45. The molecule has 0 aliphatic carbocycles. The van der Waals surface area contributed by atoms with Gasteiger partial charge in [0, 0.05) is 18.5 Å². The van der Waals surface area contributed by atoms with E-state index >= 15 is 0 Å². The number of fused-ring (bicyclic) bond motifs is 1. The van der Waals surface area contributed by atoms with Crippen molar-refractivity contribution in [1.29, 1.82) is 0 Å². The number of aromatic nitrogens is 2. The van der Waals surface area contributed by atoms with Gasteiger partial charge in [-0.05, 0) is 36.5 Å². The Hall–Kier alpha value is -2.48. The first-order valence-electron chi connectivity index (χ1n) is 9.13. The molecule has 0 saturated heterocycles. The molecule has 0 radical (unpaired) electrons. The van der Waals surface area contributed by atoms with Gasteiger partial charge in [-0.3, -0.25) is 20.4 Å². The van der Waals surface area contributed by atoms with Crippen LogP contribution in [0, 0.1) is 11.8 Å². The zero-order valence-corrected chi connectivity index (χ0v) is 17.0. The number of hydrazine groups is 1. The van der Waals surface area contributed by atoms with Crippen molar-refractivity contribution in [2.45, 2.75) is 40.7 Å². The summed E-state index contributed by atoms with van der Waals surface area (Å²) in [5, 5.41) is 8.65. The molecule has 0 fully saturated rings. The van der Waals surface area contributed by atoms with Crippen molar-refractivity contribution in [2.24, 2.45) is 11.8 Å². The number of amides is 1. The molecule has 3 N–H and O–H groups in total. The number of rotatable bonds is 6. The third-order valence-electron chi connectivity index (χ3n) is 3.92. The van der Waals surface area contributed by atoms with Crippen LogP contribution in [0.2, 0.25) is 0 Å². The van der Waals surface area contributed by atoms with E-state index in [9.17, 15) is 9.59 Å². The largest absolute Gasteiger partial charge is 0.361 e. The van der Waals surface area contributed by atoms with Gasteiger partial charge in [-0.25, -0.2) is 4.68 Å². The number of carbonyl (C=O) groups is 1. The number of carbonyl (C=O) groups excluding carboxylic acids is 1. The van der Waals surface area contributed by atoms with Crippen molar-refractivity contribution >= 4 is 34.0 Å². The number of hydrogen-bond acceptors (Lipinski definition) is 4. The van der Waals surface area contributed by atoms with Crippen molar-refractivity contribution < 1.29 is 4.79 Å². The highest BCUT2D eigenvalue weighted by molar-refractivity contribution is 7.80. The molecule has 27 heavy (non-hydrogen) atoms. The lowest BCUT2D eigenvalue weighted by molar-refractivity contribution is 0.0937. The fraction of sp³-hybridized carbons (Fsp3) is 0.474. The zero-order chi connectivity index (χ0) is 20.0. The lowest BCUT2D eigenvalue weighted by Crippen LogP contribution is -2.47. The summed E-state index contributed by atoms with van der Waals surface area (Å²) in [6.45, 7) is 9.40. The van der Waals surface area contributed by atoms with Crippen LogP contribution < -0.4 is 21.7 Å². The average molecular weight is 390 g/mol. The van der Waals surface area contributed by atoms with E-state index in [2.05, 4.69) is 35.1 Å². The quantitative estimate of drug-likeness (QED) is 0.519. The van der Waals surface area contributed by atoms with Crippen LogP contribution in [0.5, 0.6) is 0 Å². The van der Waals surface area contributed by atoms with E-state index in [1.54, 1.807) is 24.3 Å². The lowest BCUT2D eigenvalue weighted by Gasteiger charge is -2.14. The van der Waals surface area contributed by atoms with Crippen LogP contribution in [-0.2, 0) is 6.54 Å². The molecule has 2 rings (SSSR count). The predicted octanol–water partition coefficient (Wildman–Crippen LogP) is 2.21. The smallest absolute Gasteiger partial charge is 0.290 e. The Bertz CT molecular complexity index is 876. The summed E-state index contributed by atoms with van der Waals surface area (Å²) < 4.78 is 1.35. The minimum atomic E-state index is -0.447. The molecule has 146 valence electrons. The number of nitrogens with zero attached hydrogens (tertiary/aromatic N) is 2. The van der Waals surface area contributed by atoms with E-state index in [-0.39, 0.29) is 17.2 Å². The van der Waals surface area contributed by atoms with Gasteiger partial charge >= 0.3 is 0 Å². The van der Waals surface area contributed by atoms with Gasteiger partial charge < -0.3 is 5.32 Å². The summed E-state index contributed by atoms with van der Waals surface area (Å²) in [6, 6.07) is 6.98. The molecule has 1 heterocycles. The van der Waals surface area contributed by atoms with Gasteiger partial charge in [0.05, 0.1) is 5.39 Å². The van der Waals surface area contributed by atoms with E-state index < -0.39 is 5.91 Å². The molecule has 8 heteroatoms. The fourth-order valence-corrected chi connectivity index (χ4v) is 2.72. The molecular weight excluding hydrogens is 362 g/mol. The van der Waals surface area contributed by atoms with Crippen molar-refractivity contribution in [3.05, 3.63) is 40.3 Å². The first-order chi connectivity index (χ1) is 12.8. The molecule has 2 aromatic rings. The van der Waals surface area contributed by atoms with Gasteiger partial charge in [-0.15, -0.1) is 0 Å². The predicted molar refractivity (Wildman–Crippen MR) is 111 cm³/mol. The minimum Gasteiger partial charge on any atom is -0.361 e. The number of nitrogens with one attached hydrogen (secondary N) is 3. The van der Waals surface area contributed by atoms with E-state index in [0.29, 0.717) is 28.3 Å². The van der Waals surface area contributed by atoms with Crippen LogP contribution in [0.25, 0.3) is 10.8 Å². The highest BCUT2D eigenvalue weighted by Gasteiger charge is 2.17. The van der Waals surface area contributed by atoms with Crippen LogP contribution in [0.3, 0.4) is 0 Å². The van der Waals surface area contributed by atoms with E-state index in [1.807, 2.05) is 13.8 Å². The maximum Gasteiger partial charge on any atom is 0.290 e. The van der Waals surface area contributed by atoms with E-state index in [4.69, 9.17) is 12.2 Å². The Kier molecular flexibility index (Phi) is 7.29. The third-order valence-corrected chi connectivity index (χ3v) is 4.16. The van der Waals surface area contributed by atoms with Gasteiger partial charge in [-0.2, -0.15) is 5.10 Å². The zero-order valence-electron chi connectivity index (χ0n) is 16.2. The van der Waals surface area contributed by atoms with Crippen LogP contribution in [0.4, 0.5) is 0 Å². The lowest BCUT2D eigenvalue weighted by atomic mass is 10.1. The molecule has 0 spiro atoms. The highest BCUT2D eigenvalue weighted by atomic mass is 32.1. The van der Waals surface area contributed by atoms with Gasteiger partial charge in [-0.1, -0.05) is 45.9 Å². The van der Waals surface area contributed by atoms with Crippen molar-refractivity contribution in [1.82, 2.24) is 25.9 Å². The monoisotopic (exact) mass is 389 g/mol. The summed E-state index contributed by atoms with van der Waals surface area (Å²) in [5.41, 5.74) is 5.23. The van der Waals surface area contributed by atoms with Crippen LogP contribution in [-0.4, -0.2) is 27.3 Å². The molecule has 0 aliphatic rings. The molecule has 0 unspecified atom stereocenters.